The first-order valence-corrected chi connectivity index (χ1v) is 29.0. The molecule has 1 heterocycles. The van der Waals surface area contributed by atoms with Crippen LogP contribution in [0.1, 0.15) is 0 Å². The number of aliphatic hydroxyl groups is 3. The van der Waals surface area contributed by atoms with E-state index in [0.717, 1.165) is 21.3 Å². The van der Waals surface area contributed by atoms with Crippen molar-refractivity contribution >= 4 is 99.5 Å². The number of nitrogens with one attached hydrogen (secondary N) is 4. The molecule has 5 rings (SSSR count). The summed E-state index contributed by atoms with van der Waals surface area (Å²) in [6.07, 6.45) is 0. The van der Waals surface area contributed by atoms with E-state index in [4.69, 9.17) is 54.2 Å². The van der Waals surface area contributed by atoms with Crippen LogP contribution in [0.5, 0.6) is 0 Å². The quantitative estimate of drug-likeness (QED) is 0.0278. The van der Waals surface area contributed by atoms with Crippen LogP contribution in [0.4, 0.5) is 85.0 Å². The largest absolute Gasteiger partial charge is 3.00 e. The van der Waals surface area contributed by atoms with Crippen molar-refractivity contribution in [2.24, 2.45) is 0 Å². The fourth-order valence-corrected chi connectivity index (χ4v) is 6.49. The summed E-state index contributed by atoms with van der Waals surface area (Å²) in [5, 5.41) is 76.4. The molecule has 0 radical (unpaired) electrons. The number of benzene rings is 4. The van der Waals surface area contributed by atoms with Gasteiger partial charge in [0, 0.05) is 145 Å². The van der Waals surface area contributed by atoms with Crippen LogP contribution >= 0.6 is 0 Å². The first-order valence-electron chi connectivity index (χ1n) is 24.8. The molecular weight excluding hydrogens is 1520 g/mol. The molecule has 95 heavy (non-hydrogen) atoms. The maximum Gasteiger partial charge on any atom is 3.00 e. The predicted octanol–water partition coefficient (Wildman–Crippen LogP) is 2.38. The molecule has 7 N–H and O–H groups in total. The SMILES string of the molecule is CO.CO.CO.O=C(CN1CCN(CC(=O)Nc2ccc([N+](=O)[O-])cc2)CCN(CC(=O)Nc2ccc([N+](=O)[O-])cc2)CCN(CC(=O)Nc2ccc([N+](=O)[O-])cc2)CC1)Nc1ccc([N+](=O)[O-])cc1.O=S(=O)([O-])C(F)(F)F.O=S(=O)([O-])C(F)(F)F.O=S(=O)([O-])C(F)(F)F.[Eu+3]. The Morgan fingerprint density at radius 3 is 0.568 bits per heavy atom. The predicted molar refractivity (Wildman–Crippen MR) is 304 cm³/mol. The normalized spacial score (nSPS) is 13.5. The maximum absolute atomic E-state index is 13.4. The van der Waals surface area contributed by atoms with Gasteiger partial charge < -0.3 is 50.2 Å². The average Bonchev–Trinajstić information content (AvgIpc) is 0.962. The molecule has 1 fully saturated rings. The number of alkyl halides is 9. The number of carbonyl (C=O) groups excluding carboxylic acids is 4. The van der Waals surface area contributed by atoms with E-state index in [1.54, 1.807) is 0 Å². The van der Waals surface area contributed by atoms with Crippen molar-refractivity contribution in [2.75, 3.05) is 121 Å². The third-order valence-corrected chi connectivity index (χ3v) is 12.4. The molecule has 0 aromatic heterocycles. The van der Waals surface area contributed by atoms with Crippen LogP contribution in [0.25, 0.3) is 0 Å². The minimum Gasteiger partial charge on any atom is -0.741 e. The monoisotopic (exact) mass is 1580 g/mol. The zero-order valence-corrected chi connectivity index (χ0v) is 53.6. The molecule has 36 nitrogen and oxygen atoms in total. The van der Waals surface area contributed by atoms with Gasteiger partial charge in [-0.3, -0.25) is 79.2 Å². The fraction of sp³-hybridized carbons (Fsp3) is 0.391. The second-order valence-electron chi connectivity index (χ2n) is 17.2. The summed E-state index contributed by atoms with van der Waals surface area (Å²) in [5.74, 6) is -1.74. The Labute approximate surface area is 572 Å². The van der Waals surface area contributed by atoms with Gasteiger partial charge in [-0.15, -0.1) is 0 Å². The van der Waals surface area contributed by atoms with E-state index in [1.165, 1.54) is 97.1 Å². The van der Waals surface area contributed by atoms with Crippen LogP contribution in [0, 0.1) is 89.8 Å². The molecule has 4 aromatic rings. The molecule has 1 aliphatic heterocycles. The number of hydrogen-bond donors (Lipinski definition) is 7. The smallest absolute Gasteiger partial charge is 0.741 e. The number of nitrogens with zero attached hydrogens (tertiary/aromatic N) is 8. The number of anilines is 4. The molecule has 4 aromatic carbocycles. The Bertz CT molecular complexity index is 3000. The van der Waals surface area contributed by atoms with Crippen molar-refractivity contribution in [3.63, 3.8) is 0 Å². The van der Waals surface area contributed by atoms with Gasteiger partial charge in [-0.05, 0) is 48.5 Å². The molecule has 0 bridgehead atoms. The molecule has 1 aliphatic rings. The summed E-state index contributed by atoms with van der Waals surface area (Å²) in [6, 6.07) is 21.3. The van der Waals surface area contributed by atoms with E-state index in [9.17, 15) is 99.1 Å². The van der Waals surface area contributed by atoms with E-state index >= 15 is 0 Å². The summed E-state index contributed by atoms with van der Waals surface area (Å²) in [5.41, 5.74) is -16.2. The molecule has 0 unspecified atom stereocenters. The number of non-ortho nitro benzene ring substituents is 4. The van der Waals surface area contributed by atoms with Gasteiger partial charge in [0.1, 0.15) is 0 Å². The van der Waals surface area contributed by atoms with E-state index in [0.29, 0.717) is 22.7 Å². The van der Waals surface area contributed by atoms with E-state index in [2.05, 4.69) is 21.3 Å². The van der Waals surface area contributed by atoms with Crippen molar-refractivity contribution in [1.29, 1.82) is 0 Å². The number of amides is 4. The summed E-state index contributed by atoms with van der Waals surface area (Å²) < 4.78 is 177. The molecule has 1 saturated heterocycles. The number of halogens is 9. The van der Waals surface area contributed by atoms with Crippen molar-refractivity contribution in [1.82, 2.24) is 19.6 Å². The summed E-state index contributed by atoms with van der Waals surface area (Å²) >= 11 is 0. The summed E-state index contributed by atoms with van der Waals surface area (Å²) in [4.78, 5) is 103. The molecule has 532 valence electrons. The van der Waals surface area contributed by atoms with Crippen LogP contribution in [-0.2, 0) is 49.5 Å². The van der Waals surface area contributed by atoms with Crippen LogP contribution < -0.4 is 21.3 Å². The molecule has 4 amide bonds. The Kier molecular flexibility index (Phi) is 42.4. The second-order valence-corrected chi connectivity index (χ2v) is 21.3. The zero-order valence-electron chi connectivity index (χ0n) is 48.7. The standard InChI is InChI=1S/C40H44N12O12.3CHF3O3S.3CH4O.Eu/c53-37(41-29-1-9-33(10-2-29)49(57)58)25-45-17-19-46(26-38(54)42-30-3-11-34(12-4-30)50(59)60)21-23-48(28-40(56)44-32-7-15-36(16-8-32)52(63)64)24-22-47(20-18-45)27-39(55)43-31-5-13-35(14-6-31)51(61)62;3*2-1(3,4)8(5,6)7;3*1-2;/h1-16H,17-28H2,(H,41,53)(H,42,54)(H,43,55)(H,44,56);3*(H,5,6,7);3*2H,1H3;/q;;;;;;;+3/p-3. The van der Waals surface area contributed by atoms with Gasteiger partial charge >= 0.3 is 65.9 Å². The molecule has 0 atom stereocenters. The number of nitro groups is 4. The number of aliphatic hydroxyl groups excluding tert-OH is 3. The fourth-order valence-electron chi connectivity index (χ4n) is 6.49. The van der Waals surface area contributed by atoms with Gasteiger partial charge in [-0.1, -0.05) is 0 Å². The Hall–Kier alpha value is -7.24. The first kappa shape index (κ1) is 92.0. The number of nitro benzene ring substituents is 4. The maximum atomic E-state index is 13.4. The molecular formula is C46H56EuF9N12O24S3. The van der Waals surface area contributed by atoms with Gasteiger partial charge in [0.05, 0.1) is 45.9 Å². The third-order valence-electron chi connectivity index (χ3n) is 10.7. The molecule has 0 spiro atoms. The molecule has 49 heteroatoms. The van der Waals surface area contributed by atoms with Gasteiger partial charge in [-0.2, -0.15) is 39.5 Å². The Morgan fingerprint density at radius 2 is 0.474 bits per heavy atom. The molecule has 0 aliphatic carbocycles. The first-order chi connectivity index (χ1) is 43.3. The van der Waals surface area contributed by atoms with Gasteiger partial charge in [0.2, 0.25) is 23.6 Å². The second kappa shape index (κ2) is 43.8. The summed E-state index contributed by atoms with van der Waals surface area (Å²) in [6.45, 7) is 1.34. The summed E-state index contributed by atoms with van der Waals surface area (Å²) in [7, 11) is -15.3. The van der Waals surface area contributed by atoms with Crippen LogP contribution in [0.3, 0.4) is 0 Å². The Morgan fingerprint density at radius 1 is 0.358 bits per heavy atom. The number of hydrogen-bond acceptors (Lipinski definition) is 28. The van der Waals surface area contributed by atoms with E-state index in [-0.39, 0.29) is 151 Å². The number of carbonyl (C=O) groups is 4. The van der Waals surface area contributed by atoms with Crippen LogP contribution in [-0.4, -0.2) is 234 Å². The van der Waals surface area contributed by atoms with Gasteiger partial charge in [0.15, 0.2) is 30.4 Å². The molecule has 0 saturated carbocycles. The van der Waals surface area contributed by atoms with E-state index in [1.807, 2.05) is 19.6 Å². The van der Waals surface area contributed by atoms with Crippen molar-refractivity contribution in [3.8, 4) is 0 Å². The van der Waals surface area contributed by atoms with E-state index < -0.39 is 90.2 Å². The van der Waals surface area contributed by atoms with Crippen molar-refractivity contribution in [3.05, 3.63) is 138 Å². The third kappa shape index (κ3) is 38.2. The van der Waals surface area contributed by atoms with Gasteiger partial charge in [-0.25, -0.2) is 25.3 Å². The Balaban J connectivity index is -0.00000227. The number of rotatable bonds is 16. The van der Waals surface area contributed by atoms with Crippen molar-refractivity contribution < 1.29 is 182 Å². The topological polar surface area (TPSA) is 534 Å². The minimum atomic E-state index is -6.09. The van der Waals surface area contributed by atoms with Crippen LogP contribution in [0.15, 0.2) is 97.1 Å². The minimum absolute atomic E-state index is 0. The van der Waals surface area contributed by atoms with Crippen LogP contribution in [0.2, 0.25) is 0 Å². The zero-order chi connectivity index (χ0) is 73.2. The average molecular weight is 1580 g/mol. The van der Waals surface area contributed by atoms with Gasteiger partial charge in [0.25, 0.3) is 22.7 Å². The van der Waals surface area contributed by atoms with Crippen molar-refractivity contribution in [2.45, 2.75) is 16.5 Å².